The zero-order valence-electron chi connectivity index (χ0n) is 10.00. The fourth-order valence-electron chi connectivity index (χ4n) is 1.71. The van der Waals surface area contributed by atoms with Gasteiger partial charge in [0.15, 0.2) is 0 Å². The average molecular weight is 239 g/mol. The summed E-state index contributed by atoms with van der Waals surface area (Å²) in [6.07, 6.45) is 4.62. The van der Waals surface area contributed by atoms with E-state index in [2.05, 4.69) is 4.98 Å². The molecule has 1 N–H and O–H groups in total. The molecule has 1 aromatic heterocycles. The summed E-state index contributed by atoms with van der Waals surface area (Å²) in [5.41, 5.74) is 3.55. The number of allylic oxidation sites excluding steroid dienone is 1. The van der Waals surface area contributed by atoms with Gasteiger partial charge in [-0.3, -0.25) is 4.98 Å². The Labute approximate surface area is 105 Å². The molecule has 2 rings (SSSR count). The standard InChI is InChI=1S/C15H13NO2/c1-11(7-15(17)18)13-8-14(10-16-9-13)12-5-3-2-4-6-12/h2-10H,1H3,(H,17,18)/b11-7+. The third-order valence-electron chi connectivity index (χ3n) is 2.64. The molecule has 0 radical (unpaired) electrons. The Kier molecular flexibility index (Phi) is 3.53. The van der Waals surface area contributed by atoms with Crippen LogP contribution in [0, 0.1) is 0 Å². The van der Waals surface area contributed by atoms with Gasteiger partial charge in [-0.1, -0.05) is 30.3 Å². The summed E-state index contributed by atoms with van der Waals surface area (Å²) in [5, 5.41) is 8.73. The first kappa shape index (κ1) is 12.0. The van der Waals surface area contributed by atoms with Crippen LogP contribution in [0.4, 0.5) is 0 Å². The predicted molar refractivity (Wildman–Crippen MR) is 71.0 cm³/mol. The van der Waals surface area contributed by atoms with Crippen molar-refractivity contribution in [2.75, 3.05) is 0 Å². The average Bonchev–Trinajstić information content (AvgIpc) is 2.39. The van der Waals surface area contributed by atoms with E-state index in [9.17, 15) is 4.79 Å². The number of hydrogen-bond acceptors (Lipinski definition) is 2. The number of hydrogen-bond donors (Lipinski definition) is 1. The van der Waals surface area contributed by atoms with E-state index >= 15 is 0 Å². The first-order valence-corrected chi connectivity index (χ1v) is 5.59. The highest BCUT2D eigenvalue weighted by Gasteiger charge is 2.02. The minimum Gasteiger partial charge on any atom is -0.478 e. The summed E-state index contributed by atoms with van der Waals surface area (Å²) in [5.74, 6) is -0.947. The number of carboxylic acids is 1. The summed E-state index contributed by atoms with van der Waals surface area (Å²) in [7, 11) is 0. The molecule has 0 unspecified atom stereocenters. The first-order valence-electron chi connectivity index (χ1n) is 5.59. The molecule has 2 aromatic rings. The maximum atomic E-state index is 10.6. The number of rotatable bonds is 3. The predicted octanol–water partition coefficient (Wildman–Crippen LogP) is 3.24. The van der Waals surface area contributed by atoms with Crippen LogP contribution in [-0.4, -0.2) is 16.1 Å². The number of carbonyl (C=O) groups is 1. The lowest BCUT2D eigenvalue weighted by Gasteiger charge is -2.04. The van der Waals surface area contributed by atoms with Crippen molar-refractivity contribution >= 4 is 11.5 Å². The number of aromatic nitrogens is 1. The van der Waals surface area contributed by atoms with Crippen molar-refractivity contribution in [1.82, 2.24) is 4.98 Å². The van der Waals surface area contributed by atoms with Crippen LogP contribution in [0.5, 0.6) is 0 Å². The Morgan fingerprint density at radius 1 is 1.17 bits per heavy atom. The van der Waals surface area contributed by atoms with Gasteiger partial charge in [0.2, 0.25) is 0 Å². The molecule has 0 aliphatic heterocycles. The van der Waals surface area contributed by atoms with Crippen molar-refractivity contribution in [3.8, 4) is 11.1 Å². The normalized spacial score (nSPS) is 11.3. The smallest absolute Gasteiger partial charge is 0.328 e. The molecule has 0 fully saturated rings. The van der Waals surface area contributed by atoms with Gasteiger partial charge >= 0.3 is 5.97 Å². The Morgan fingerprint density at radius 3 is 2.56 bits per heavy atom. The molecule has 18 heavy (non-hydrogen) atoms. The molecule has 0 spiro atoms. The minimum absolute atomic E-state index is 0.688. The highest BCUT2D eigenvalue weighted by atomic mass is 16.4. The topological polar surface area (TPSA) is 50.2 Å². The minimum atomic E-state index is -0.947. The zero-order valence-corrected chi connectivity index (χ0v) is 10.00. The summed E-state index contributed by atoms with van der Waals surface area (Å²) in [4.78, 5) is 14.8. The van der Waals surface area contributed by atoms with Crippen LogP contribution in [0.3, 0.4) is 0 Å². The van der Waals surface area contributed by atoms with Crippen molar-refractivity contribution in [3.05, 3.63) is 60.4 Å². The largest absolute Gasteiger partial charge is 0.478 e. The first-order chi connectivity index (χ1) is 8.66. The van der Waals surface area contributed by atoms with E-state index in [1.165, 1.54) is 6.08 Å². The second kappa shape index (κ2) is 5.27. The van der Waals surface area contributed by atoms with E-state index in [1.54, 1.807) is 19.3 Å². The molecule has 0 bridgehead atoms. The number of carboxylic acid groups (broad SMARTS) is 1. The van der Waals surface area contributed by atoms with Crippen LogP contribution >= 0.6 is 0 Å². The van der Waals surface area contributed by atoms with Gasteiger partial charge in [0.1, 0.15) is 0 Å². The molecule has 90 valence electrons. The van der Waals surface area contributed by atoms with Crippen molar-refractivity contribution < 1.29 is 9.90 Å². The van der Waals surface area contributed by atoms with E-state index in [1.807, 2.05) is 36.4 Å². The highest BCUT2D eigenvalue weighted by molar-refractivity contribution is 5.89. The third-order valence-corrected chi connectivity index (χ3v) is 2.64. The Bertz CT molecular complexity index is 588. The number of nitrogens with zero attached hydrogens (tertiary/aromatic N) is 1. The quantitative estimate of drug-likeness (QED) is 0.836. The maximum absolute atomic E-state index is 10.6. The van der Waals surface area contributed by atoms with Crippen molar-refractivity contribution in [1.29, 1.82) is 0 Å². The van der Waals surface area contributed by atoms with E-state index in [4.69, 9.17) is 5.11 Å². The van der Waals surface area contributed by atoms with Gasteiger partial charge in [0.05, 0.1) is 0 Å². The zero-order chi connectivity index (χ0) is 13.0. The van der Waals surface area contributed by atoms with Crippen molar-refractivity contribution in [3.63, 3.8) is 0 Å². The number of benzene rings is 1. The molecule has 0 saturated carbocycles. The van der Waals surface area contributed by atoms with Gasteiger partial charge in [-0.25, -0.2) is 4.79 Å². The van der Waals surface area contributed by atoms with E-state index in [-0.39, 0.29) is 0 Å². The summed E-state index contributed by atoms with van der Waals surface area (Å²) in [6, 6.07) is 11.8. The van der Waals surface area contributed by atoms with E-state index in [0.717, 1.165) is 16.7 Å². The molecular formula is C15H13NO2. The monoisotopic (exact) mass is 239 g/mol. The third kappa shape index (κ3) is 2.83. The van der Waals surface area contributed by atoms with Crippen LogP contribution in [0.25, 0.3) is 16.7 Å². The number of pyridine rings is 1. The lowest BCUT2D eigenvalue weighted by Crippen LogP contribution is -1.91. The van der Waals surface area contributed by atoms with Crippen molar-refractivity contribution in [2.24, 2.45) is 0 Å². The summed E-state index contributed by atoms with van der Waals surface area (Å²) < 4.78 is 0. The van der Waals surface area contributed by atoms with Crippen molar-refractivity contribution in [2.45, 2.75) is 6.92 Å². The van der Waals surface area contributed by atoms with Gasteiger partial charge in [0, 0.05) is 24.0 Å². The highest BCUT2D eigenvalue weighted by Crippen LogP contribution is 2.22. The fourth-order valence-corrected chi connectivity index (χ4v) is 1.71. The van der Waals surface area contributed by atoms with Crippen LogP contribution in [0.2, 0.25) is 0 Å². The molecule has 0 saturated heterocycles. The molecule has 3 nitrogen and oxygen atoms in total. The molecule has 0 atom stereocenters. The van der Waals surface area contributed by atoms with Crippen LogP contribution in [0.15, 0.2) is 54.9 Å². The lowest BCUT2D eigenvalue weighted by atomic mass is 10.0. The molecular weight excluding hydrogens is 226 g/mol. The lowest BCUT2D eigenvalue weighted by molar-refractivity contribution is -0.131. The maximum Gasteiger partial charge on any atom is 0.328 e. The molecule has 1 aromatic carbocycles. The summed E-state index contributed by atoms with van der Waals surface area (Å²) in [6.45, 7) is 1.76. The Hall–Kier alpha value is -2.42. The Balaban J connectivity index is 2.40. The van der Waals surface area contributed by atoms with Gasteiger partial charge in [-0.15, -0.1) is 0 Å². The number of aliphatic carboxylic acids is 1. The van der Waals surface area contributed by atoms with Gasteiger partial charge in [-0.2, -0.15) is 0 Å². The van der Waals surface area contributed by atoms with E-state index < -0.39 is 5.97 Å². The van der Waals surface area contributed by atoms with E-state index in [0.29, 0.717) is 5.57 Å². The molecule has 3 heteroatoms. The molecule has 0 amide bonds. The molecule has 1 heterocycles. The fraction of sp³-hybridized carbons (Fsp3) is 0.0667. The van der Waals surface area contributed by atoms with Gasteiger partial charge in [-0.05, 0) is 29.7 Å². The SMILES string of the molecule is C/C(=C\C(=O)O)c1cncc(-c2ccccc2)c1. The molecule has 0 aliphatic carbocycles. The second-order valence-corrected chi connectivity index (χ2v) is 3.99. The Morgan fingerprint density at radius 2 is 1.89 bits per heavy atom. The van der Waals surface area contributed by atoms with Gasteiger partial charge in [0.25, 0.3) is 0 Å². The van der Waals surface area contributed by atoms with Gasteiger partial charge < -0.3 is 5.11 Å². The van der Waals surface area contributed by atoms with Crippen LogP contribution < -0.4 is 0 Å². The second-order valence-electron chi connectivity index (χ2n) is 3.99. The summed E-state index contributed by atoms with van der Waals surface area (Å²) >= 11 is 0. The van der Waals surface area contributed by atoms with Crippen LogP contribution in [0.1, 0.15) is 12.5 Å². The molecule has 0 aliphatic rings. The van der Waals surface area contributed by atoms with Crippen LogP contribution in [-0.2, 0) is 4.79 Å².